The number of carbonyl (C=O) groups excluding carboxylic acids is 1. The number of carbonyl (C=O) groups is 1. The van der Waals surface area contributed by atoms with E-state index in [4.69, 9.17) is 4.98 Å². The van der Waals surface area contributed by atoms with Gasteiger partial charge >= 0.3 is 0 Å². The van der Waals surface area contributed by atoms with E-state index in [1.165, 1.54) is 22.6 Å². The largest absolute Gasteiger partial charge is 0.365 e. The smallest absolute Gasteiger partial charge is 0.230 e. The number of para-hydroxylation sites is 2. The van der Waals surface area contributed by atoms with Crippen LogP contribution in [-0.2, 0) is 24.2 Å². The molecule has 0 radical (unpaired) electrons. The van der Waals surface area contributed by atoms with Crippen LogP contribution in [0.2, 0.25) is 0 Å². The van der Waals surface area contributed by atoms with E-state index in [2.05, 4.69) is 47.5 Å². The predicted octanol–water partition coefficient (Wildman–Crippen LogP) is 5.34. The molecular formula is C23H25N3OS. The van der Waals surface area contributed by atoms with Crippen LogP contribution in [0.15, 0.2) is 53.9 Å². The Balaban J connectivity index is 1.61. The number of fused-ring (bicyclic) bond motifs is 1. The molecule has 1 aromatic heterocycles. The van der Waals surface area contributed by atoms with Crippen LogP contribution in [0.25, 0.3) is 0 Å². The van der Waals surface area contributed by atoms with Gasteiger partial charge < -0.3 is 4.90 Å². The first-order valence-corrected chi connectivity index (χ1v) is 10.7. The lowest BCUT2D eigenvalue weighted by atomic mass is 10.0. The Labute approximate surface area is 170 Å². The average Bonchev–Trinajstić information content (AvgIpc) is 3.16. The second-order valence-corrected chi connectivity index (χ2v) is 7.95. The minimum atomic E-state index is -0.00915. The molecule has 0 atom stereocenters. The monoisotopic (exact) mass is 391 g/mol. The van der Waals surface area contributed by atoms with Gasteiger partial charge in [0.2, 0.25) is 5.91 Å². The van der Waals surface area contributed by atoms with E-state index in [0.29, 0.717) is 0 Å². The molecule has 2 aromatic carbocycles. The van der Waals surface area contributed by atoms with E-state index in [-0.39, 0.29) is 5.91 Å². The van der Waals surface area contributed by atoms with Gasteiger partial charge in [0.1, 0.15) is 0 Å². The van der Waals surface area contributed by atoms with E-state index < -0.39 is 0 Å². The Morgan fingerprint density at radius 1 is 1.18 bits per heavy atom. The van der Waals surface area contributed by atoms with Gasteiger partial charge in [0.25, 0.3) is 0 Å². The summed E-state index contributed by atoms with van der Waals surface area (Å²) >= 11 is 1.54. The van der Waals surface area contributed by atoms with Crippen molar-refractivity contribution in [2.45, 2.75) is 39.7 Å². The molecular weight excluding hydrogens is 366 g/mol. The van der Waals surface area contributed by atoms with E-state index in [1.807, 2.05) is 18.2 Å². The fourth-order valence-electron chi connectivity index (χ4n) is 3.88. The van der Waals surface area contributed by atoms with Crippen LogP contribution in [0.1, 0.15) is 37.1 Å². The second kappa shape index (κ2) is 8.15. The van der Waals surface area contributed by atoms with Gasteiger partial charge in [0, 0.05) is 24.5 Å². The van der Waals surface area contributed by atoms with Crippen LogP contribution in [0, 0.1) is 0 Å². The molecule has 0 saturated carbocycles. The number of anilines is 3. The molecule has 0 aliphatic carbocycles. The highest BCUT2D eigenvalue weighted by Crippen LogP contribution is 2.33. The van der Waals surface area contributed by atoms with Gasteiger partial charge in [-0.05, 0) is 42.5 Å². The summed E-state index contributed by atoms with van der Waals surface area (Å²) in [6.07, 6.45) is 3.18. The van der Waals surface area contributed by atoms with Gasteiger partial charge in [-0.1, -0.05) is 43.3 Å². The molecule has 1 aliphatic rings. The summed E-state index contributed by atoms with van der Waals surface area (Å²) in [5, 5.41) is 2.82. The zero-order chi connectivity index (χ0) is 19.5. The molecule has 4 nitrogen and oxygen atoms in total. The molecule has 1 amide bonds. The maximum Gasteiger partial charge on any atom is 0.230 e. The summed E-state index contributed by atoms with van der Waals surface area (Å²) in [5.41, 5.74) is 5.81. The number of hydrogen-bond acceptors (Lipinski definition) is 4. The third-order valence-electron chi connectivity index (χ3n) is 5.22. The normalized spacial score (nSPS) is 13.3. The van der Waals surface area contributed by atoms with E-state index >= 15 is 0 Å². The Bertz CT molecular complexity index is 981. The fourth-order valence-corrected chi connectivity index (χ4v) is 4.75. The van der Waals surface area contributed by atoms with Crippen molar-refractivity contribution in [1.29, 1.82) is 0 Å². The molecule has 4 rings (SSSR count). The molecule has 5 heteroatoms. The first kappa shape index (κ1) is 18.7. The lowest BCUT2D eigenvalue weighted by molar-refractivity contribution is -0.115. The third kappa shape index (κ3) is 3.67. The SMILES string of the molecule is CCc1ccccc1N(C(C)=O)c1nc(CN2CCCc3ccccc32)cs1. The van der Waals surface area contributed by atoms with Crippen LogP contribution in [0.5, 0.6) is 0 Å². The minimum absolute atomic E-state index is 0.00915. The number of aryl methyl sites for hydroxylation is 2. The van der Waals surface area contributed by atoms with Crippen molar-refractivity contribution in [1.82, 2.24) is 4.98 Å². The molecule has 0 bridgehead atoms. The summed E-state index contributed by atoms with van der Waals surface area (Å²) in [5.74, 6) is -0.00915. The van der Waals surface area contributed by atoms with E-state index in [1.54, 1.807) is 11.8 Å². The Morgan fingerprint density at radius 3 is 2.79 bits per heavy atom. The molecule has 2 heterocycles. The van der Waals surface area contributed by atoms with Crippen molar-refractivity contribution < 1.29 is 4.79 Å². The molecule has 144 valence electrons. The predicted molar refractivity (Wildman–Crippen MR) is 117 cm³/mol. The fraction of sp³-hybridized carbons (Fsp3) is 0.304. The van der Waals surface area contributed by atoms with Gasteiger partial charge in [-0.3, -0.25) is 9.69 Å². The molecule has 0 unspecified atom stereocenters. The highest BCUT2D eigenvalue weighted by molar-refractivity contribution is 7.14. The second-order valence-electron chi connectivity index (χ2n) is 7.11. The summed E-state index contributed by atoms with van der Waals surface area (Å²) in [7, 11) is 0. The van der Waals surface area contributed by atoms with Crippen molar-refractivity contribution in [2.75, 3.05) is 16.3 Å². The minimum Gasteiger partial charge on any atom is -0.365 e. The zero-order valence-corrected chi connectivity index (χ0v) is 17.2. The maximum absolute atomic E-state index is 12.5. The van der Waals surface area contributed by atoms with Crippen molar-refractivity contribution in [3.63, 3.8) is 0 Å². The molecule has 28 heavy (non-hydrogen) atoms. The van der Waals surface area contributed by atoms with Gasteiger partial charge in [-0.25, -0.2) is 4.98 Å². The van der Waals surface area contributed by atoms with Gasteiger partial charge in [0.15, 0.2) is 5.13 Å². The number of benzene rings is 2. The summed E-state index contributed by atoms with van der Waals surface area (Å²) in [6.45, 7) is 5.53. The summed E-state index contributed by atoms with van der Waals surface area (Å²) < 4.78 is 0. The Kier molecular flexibility index (Phi) is 5.44. The van der Waals surface area contributed by atoms with Crippen molar-refractivity contribution in [3.05, 3.63) is 70.7 Å². The molecule has 3 aromatic rings. The average molecular weight is 392 g/mol. The molecule has 0 saturated heterocycles. The number of nitrogens with zero attached hydrogens (tertiary/aromatic N) is 3. The quantitative estimate of drug-likeness (QED) is 0.589. The van der Waals surface area contributed by atoms with Crippen molar-refractivity contribution in [3.8, 4) is 0 Å². The number of hydrogen-bond donors (Lipinski definition) is 0. The first-order chi connectivity index (χ1) is 13.7. The molecule has 0 fully saturated rings. The Hall–Kier alpha value is -2.66. The summed E-state index contributed by atoms with van der Waals surface area (Å²) in [6, 6.07) is 16.7. The standard InChI is InChI=1S/C23H25N3OS/c1-3-18-9-4-7-13-22(18)26(17(2)27)23-24-20(16-28-23)15-25-14-8-11-19-10-5-6-12-21(19)25/h4-7,9-10,12-13,16H,3,8,11,14-15H2,1-2H3. The number of amides is 1. The van der Waals surface area contributed by atoms with Crippen molar-refractivity contribution in [2.24, 2.45) is 0 Å². The van der Waals surface area contributed by atoms with Gasteiger partial charge in [-0.15, -0.1) is 11.3 Å². The Morgan fingerprint density at radius 2 is 1.96 bits per heavy atom. The summed E-state index contributed by atoms with van der Waals surface area (Å²) in [4.78, 5) is 21.4. The van der Waals surface area contributed by atoms with Crippen LogP contribution in [0.3, 0.4) is 0 Å². The molecule has 0 N–H and O–H groups in total. The molecule has 0 spiro atoms. The first-order valence-electron chi connectivity index (χ1n) is 9.83. The maximum atomic E-state index is 12.5. The van der Waals surface area contributed by atoms with Crippen molar-refractivity contribution >= 4 is 33.8 Å². The van der Waals surface area contributed by atoms with E-state index in [0.717, 1.165) is 54.4 Å². The van der Waals surface area contributed by atoms with Crippen LogP contribution in [-0.4, -0.2) is 17.4 Å². The van der Waals surface area contributed by atoms with Crippen LogP contribution >= 0.6 is 11.3 Å². The van der Waals surface area contributed by atoms with Crippen LogP contribution in [0.4, 0.5) is 16.5 Å². The molecule has 1 aliphatic heterocycles. The van der Waals surface area contributed by atoms with Gasteiger partial charge in [0.05, 0.1) is 17.9 Å². The van der Waals surface area contributed by atoms with E-state index in [9.17, 15) is 4.79 Å². The lowest BCUT2D eigenvalue weighted by Gasteiger charge is -2.30. The lowest BCUT2D eigenvalue weighted by Crippen LogP contribution is -2.29. The van der Waals surface area contributed by atoms with Gasteiger partial charge in [-0.2, -0.15) is 0 Å². The van der Waals surface area contributed by atoms with Crippen LogP contribution < -0.4 is 9.80 Å². The number of thiazole rings is 1. The highest BCUT2D eigenvalue weighted by atomic mass is 32.1. The third-order valence-corrected chi connectivity index (χ3v) is 6.09. The number of aromatic nitrogens is 1. The highest BCUT2D eigenvalue weighted by Gasteiger charge is 2.22. The number of rotatable bonds is 5. The zero-order valence-electron chi connectivity index (χ0n) is 16.4. The topological polar surface area (TPSA) is 36.4 Å².